The molecule has 0 heterocycles. The molecular weight excluding hydrogens is 460 g/mol. The summed E-state index contributed by atoms with van der Waals surface area (Å²) in [7, 11) is 1.67. The van der Waals surface area contributed by atoms with Gasteiger partial charge in [0.1, 0.15) is 12.3 Å². The van der Waals surface area contributed by atoms with Crippen molar-refractivity contribution in [2.45, 2.75) is 0 Å². The van der Waals surface area contributed by atoms with Crippen LogP contribution in [0.4, 0.5) is 11.4 Å². The number of ether oxygens (including phenoxy) is 1. The standard InChI is InChI=1S/C19H23BrN4O4S/c1-23(2)18-9-8-14(10-17(18)20)12-21-22-19(25)13-24(29(4,26)27)15-6-5-7-16(11-15)28-3/h5-12H,13H2,1-4H3,(H,22,25)/b21-12+. The lowest BCUT2D eigenvalue weighted by molar-refractivity contribution is -0.119. The van der Waals surface area contributed by atoms with Crippen molar-refractivity contribution >= 4 is 49.4 Å². The second-order valence-electron chi connectivity index (χ2n) is 6.37. The van der Waals surface area contributed by atoms with Gasteiger partial charge in [-0.15, -0.1) is 0 Å². The highest BCUT2D eigenvalue weighted by atomic mass is 79.9. The molecule has 8 nitrogen and oxygen atoms in total. The van der Waals surface area contributed by atoms with E-state index in [0.717, 1.165) is 26.3 Å². The van der Waals surface area contributed by atoms with Gasteiger partial charge in [0.05, 0.1) is 31.0 Å². The fourth-order valence-electron chi connectivity index (χ4n) is 2.48. The smallest absolute Gasteiger partial charge is 0.260 e. The van der Waals surface area contributed by atoms with Crippen LogP contribution in [0.5, 0.6) is 5.75 Å². The first-order chi connectivity index (χ1) is 13.6. The van der Waals surface area contributed by atoms with Crippen molar-refractivity contribution in [2.75, 3.05) is 43.2 Å². The molecule has 0 aliphatic carbocycles. The van der Waals surface area contributed by atoms with E-state index >= 15 is 0 Å². The van der Waals surface area contributed by atoms with Crippen LogP contribution in [-0.4, -0.2) is 54.5 Å². The number of halogens is 1. The van der Waals surface area contributed by atoms with E-state index in [2.05, 4.69) is 26.5 Å². The minimum atomic E-state index is -3.68. The fraction of sp³-hybridized carbons (Fsp3) is 0.263. The minimum absolute atomic E-state index is 0.328. The van der Waals surface area contributed by atoms with Gasteiger partial charge in [-0.25, -0.2) is 13.8 Å². The van der Waals surface area contributed by atoms with E-state index in [1.165, 1.54) is 13.3 Å². The molecule has 10 heteroatoms. The first kappa shape index (κ1) is 22.7. The molecule has 2 aromatic carbocycles. The molecular formula is C19H23BrN4O4S. The second kappa shape index (κ2) is 9.75. The number of amides is 1. The summed E-state index contributed by atoms with van der Waals surface area (Å²) in [5.41, 5.74) is 4.47. The zero-order valence-electron chi connectivity index (χ0n) is 16.6. The summed E-state index contributed by atoms with van der Waals surface area (Å²) >= 11 is 3.49. The molecule has 0 aromatic heterocycles. The van der Waals surface area contributed by atoms with Gasteiger partial charge in [0.25, 0.3) is 5.91 Å². The third kappa shape index (κ3) is 6.47. The maximum absolute atomic E-state index is 12.3. The molecule has 0 saturated heterocycles. The Hall–Kier alpha value is -2.59. The Morgan fingerprint density at radius 3 is 2.55 bits per heavy atom. The Balaban J connectivity index is 2.09. The molecule has 0 atom stereocenters. The summed E-state index contributed by atoms with van der Waals surface area (Å²) in [4.78, 5) is 14.2. The summed E-state index contributed by atoms with van der Waals surface area (Å²) in [6.07, 6.45) is 2.52. The summed E-state index contributed by atoms with van der Waals surface area (Å²) in [6, 6.07) is 12.1. The predicted molar refractivity (Wildman–Crippen MR) is 119 cm³/mol. The SMILES string of the molecule is COc1cccc(N(CC(=O)N/N=C/c2ccc(N(C)C)c(Br)c2)S(C)(=O)=O)c1. The molecule has 0 aliphatic heterocycles. The highest BCUT2D eigenvalue weighted by molar-refractivity contribution is 9.10. The van der Waals surface area contributed by atoms with Crippen LogP contribution in [0.2, 0.25) is 0 Å². The zero-order valence-corrected chi connectivity index (χ0v) is 19.0. The molecule has 0 fully saturated rings. The van der Waals surface area contributed by atoms with Crippen LogP contribution in [0.1, 0.15) is 5.56 Å². The van der Waals surface area contributed by atoms with Crippen molar-refractivity contribution in [3.63, 3.8) is 0 Å². The number of anilines is 2. The first-order valence-electron chi connectivity index (χ1n) is 8.52. The number of carbonyl (C=O) groups excluding carboxylic acids is 1. The third-order valence-electron chi connectivity index (χ3n) is 3.89. The highest BCUT2D eigenvalue weighted by Crippen LogP contribution is 2.25. The number of hydrazone groups is 1. The van der Waals surface area contributed by atoms with E-state index < -0.39 is 22.5 Å². The van der Waals surface area contributed by atoms with Gasteiger partial charge in [0.15, 0.2) is 0 Å². The monoisotopic (exact) mass is 482 g/mol. The number of carbonyl (C=O) groups is 1. The minimum Gasteiger partial charge on any atom is -0.497 e. The molecule has 29 heavy (non-hydrogen) atoms. The molecule has 156 valence electrons. The van der Waals surface area contributed by atoms with Gasteiger partial charge < -0.3 is 9.64 Å². The number of hydrogen-bond acceptors (Lipinski definition) is 6. The number of benzene rings is 2. The third-order valence-corrected chi connectivity index (χ3v) is 5.66. The summed E-state index contributed by atoms with van der Waals surface area (Å²) < 4.78 is 31.3. The van der Waals surface area contributed by atoms with Crippen molar-refractivity contribution in [3.8, 4) is 5.75 Å². The lowest BCUT2D eigenvalue weighted by Crippen LogP contribution is -2.39. The number of hydrogen-bond donors (Lipinski definition) is 1. The molecule has 0 saturated carbocycles. The molecule has 2 aromatic rings. The topological polar surface area (TPSA) is 91.3 Å². The molecule has 0 spiro atoms. The van der Waals surface area contributed by atoms with Crippen LogP contribution >= 0.6 is 15.9 Å². The van der Waals surface area contributed by atoms with E-state index in [9.17, 15) is 13.2 Å². The molecule has 1 N–H and O–H groups in total. The number of nitrogens with zero attached hydrogens (tertiary/aromatic N) is 3. The van der Waals surface area contributed by atoms with Crippen molar-refractivity contribution < 1.29 is 17.9 Å². The van der Waals surface area contributed by atoms with E-state index in [0.29, 0.717) is 11.4 Å². The zero-order chi connectivity index (χ0) is 21.6. The molecule has 2 rings (SSSR count). The van der Waals surface area contributed by atoms with Gasteiger partial charge >= 0.3 is 0 Å². The number of nitrogens with one attached hydrogen (secondary N) is 1. The van der Waals surface area contributed by atoms with Gasteiger partial charge in [-0.2, -0.15) is 5.10 Å². The molecule has 0 unspecified atom stereocenters. The van der Waals surface area contributed by atoms with Gasteiger partial charge in [0.2, 0.25) is 10.0 Å². The van der Waals surface area contributed by atoms with Crippen LogP contribution in [0.15, 0.2) is 52.0 Å². The number of sulfonamides is 1. The van der Waals surface area contributed by atoms with Crippen LogP contribution < -0.4 is 19.4 Å². The Morgan fingerprint density at radius 2 is 1.97 bits per heavy atom. The van der Waals surface area contributed by atoms with Crippen LogP contribution in [0, 0.1) is 0 Å². The largest absolute Gasteiger partial charge is 0.497 e. The van der Waals surface area contributed by atoms with Crippen LogP contribution in [-0.2, 0) is 14.8 Å². The molecule has 1 amide bonds. The van der Waals surface area contributed by atoms with Gasteiger partial charge in [0, 0.05) is 24.6 Å². The van der Waals surface area contributed by atoms with Crippen molar-refractivity contribution in [1.82, 2.24) is 5.43 Å². The van der Waals surface area contributed by atoms with Crippen LogP contribution in [0.25, 0.3) is 0 Å². The van der Waals surface area contributed by atoms with Gasteiger partial charge in [-0.1, -0.05) is 12.1 Å². The van der Waals surface area contributed by atoms with Crippen molar-refractivity contribution in [1.29, 1.82) is 0 Å². The lowest BCUT2D eigenvalue weighted by atomic mass is 10.2. The Bertz CT molecular complexity index is 1010. The maximum Gasteiger partial charge on any atom is 0.260 e. The van der Waals surface area contributed by atoms with Crippen molar-refractivity contribution in [3.05, 3.63) is 52.5 Å². The summed E-state index contributed by atoms with van der Waals surface area (Å²) in [5, 5.41) is 3.91. The normalized spacial score (nSPS) is 11.3. The van der Waals surface area contributed by atoms with Gasteiger partial charge in [-0.3, -0.25) is 9.10 Å². The average Bonchev–Trinajstić information content (AvgIpc) is 2.65. The Kier molecular flexibility index (Phi) is 7.63. The van der Waals surface area contributed by atoms with E-state index in [1.54, 1.807) is 24.3 Å². The van der Waals surface area contributed by atoms with E-state index in [4.69, 9.17) is 4.74 Å². The molecule has 0 bridgehead atoms. The van der Waals surface area contributed by atoms with E-state index in [1.807, 2.05) is 37.2 Å². The lowest BCUT2D eigenvalue weighted by Gasteiger charge is -2.21. The van der Waals surface area contributed by atoms with Crippen LogP contribution in [0.3, 0.4) is 0 Å². The highest BCUT2D eigenvalue weighted by Gasteiger charge is 2.21. The maximum atomic E-state index is 12.3. The molecule has 0 radical (unpaired) electrons. The molecule has 0 aliphatic rings. The summed E-state index contributed by atoms with van der Waals surface area (Å²) in [6.45, 7) is -0.410. The van der Waals surface area contributed by atoms with Crippen molar-refractivity contribution in [2.24, 2.45) is 5.10 Å². The number of rotatable bonds is 8. The van der Waals surface area contributed by atoms with E-state index in [-0.39, 0.29) is 0 Å². The second-order valence-corrected chi connectivity index (χ2v) is 9.13. The Morgan fingerprint density at radius 1 is 1.24 bits per heavy atom. The first-order valence-corrected chi connectivity index (χ1v) is 11.2. The number of methoxy groups -OCH3 is 1. The summed E-state index contributed by atoms with van der Waals surface area (Å²) in [5.74, 6) is -0.0835. The predicted octanol–water partition coefficient (Wildman–Crippen LogP) is 2.44. The quantitative estimate of drug-likeness (QED) is 0.460. The van der Waals surface area contributed by atoms with Gasteiger partial charge in [-0.05, 0) is 45.8 Å². The average molecular weight is 483 g/mol. The fourth-order valence-corrected chi connectivity index (χ4v) is 4.08. The Labute approximate surface area is 179 Å².